The van der Waals surface area contributed by atoms with Crippen molar-refractivity contribution < 1.29 is 17.3 Å². The van der Waals surface area contributed by atoms with E-state index in [4.69, 9.17) is 8.92 Å². The molecule has 0 unspecified atom stereocenters. The number of hydrogen-bond donors (Lipinski definition) is 1. The second kappa shape index (κ2) is 3.62. The summed E-state index contributed by atoms with van der Waals surface area (Å²) in [5, 5.41) is 3.12. The molecule has 0 saturated carbocycles. The molecular weight excluding hydrogens is 218 g/mol. The molecule has 2 rings (SSSR count). The molecule has 0 aromatic heterocycles. The van der Waals surface area contributed by atoms with E-state index in [9.17, 15) is 8.42 Å². The van der Waals surface area contributed by atoms with Crippen molar-refractivity contribution in [1.29, 1.82) is 0 Å². The van der Waals surface area contributed by atoms with E-state index >= 15 is 0 Å². The molecule has 1 aromatic carbocycles. The van der Waals surface area contributed by atoms with Crippen molar-refractivity contribution in [2.75, 3.05) is 24.7 Å². The highest BCUT2D eigenvalue weighted by Gasteiger charge is 2.12. The fourth-order valence-electron chi connectivity index (χ4n) is 1.34. The zero-order chi connectivity index (χ0) is 10.9. The van der Waals surface area contributed by atoms with Crippen molar-refractivity contribution in [3.63, 3.8) is 0 Å². The molecule has 1 aliphatic heterocycles. The van der Waals surface area contributed by atoms with Crippen molar-refractivity contribution in [1.82, 2.24) is 0 Å². The molecule has 0 spiro atoms. The van der Waals surface area contributed by atoms with Crippen LogP contribution in [0.4, 0.5) is 5.69 Å². The van der Waals surface area contributed by atoms with Gasteiger partial charge in [-0.1, -0.05) is 0 Å². The first-order valence-corrected chi connectivity index (χ1v) is 6.26. The highest BCUT2D eigenvalue weighted by molar-refractivity contribution is 7.86. The molecule has 0 fully saturated rings. The van der Waals surface area contributed by atoms with Crippen LogP contribution in [0.1, 0.15) is 0 Å². The lowest BCUT2D eigenvalue weighted by molar-refractivity contribution is 0.322. The Morgan fingerprint density at radius 3 is 3.00 bits per heavy atom. The van der Waals surface area contributed by atoms with E-state index in [2.05, 4.69) is 5.32 Å². The van der Waals surface area contributed by atoms with Crippen molar-refractivity contribution in [2.24, 2.45) is 0 Å². The van der Waals surface area contributed by atoms with Crippen LogP contribution in [-0.4, -0.2) is 27.8 Å². The predicted molar refractivity (Wildman–Crippen MR) is 55.9 cm³/mol. The van der Waals surface area contributed by atoms with Crippen LogP contribution in [-0.2, 0) is 10.1 Å². The molecule has 0 amide bonds. The first-order chi connectivity index (χ1) is 7.04. The molecule has 1 aromatic rings. The van der Waals surface area contributed by atoms with E-state index in [0.29, 0.717) is 12.4 Å². The molecule has 0 radical (unpaired) electrons. The largest absolute Gasteiger partial charge is 0.489 e. The number of benzene rings is 1. The molecule has 1 aliphatic rings. The summed E-state index contributed by atoms with van der Waals surface area (Å²) in [5.41, 5.74) is 0.849. The summed E-state index contributed by atoms with van der Waals surface area (Å²) in [6.07, 6.45) is 1.01. The van der Waals surface area contributed by atoms with E-state index in [1.165, 1.54) is 0 Å². The molecule has 0 saturated heterocycles. The van der Waals surface area contributed by atoms with Gasteiger partial charge < -0.3 is 14.2 Å². The first kappa shape index (κ1) is 10.1. The molecular formula is C9H11NO4S. The van der Waals surface area contributed by atoms with Gasteiger partial charge in [-0.15, -0.1) is 0 Å². The number of hydrogen-bond acceptors (Lipinski definition) is 5. The second-order valence-corrected chi connectivity index (χ2v) is 4.80. The molecule has 0 bridgehead atoms. The highest BCUT2D eigenvalue weighted by Crippen LogP contribution is 2.31. The molecule has 0 aliphatic carbocycles. The molecule has 6 heteroatoms. The smallest absolute Gasteiger partial charge is 0.306 e. The van der Waals surface area contributed by atoms with Crippen molar-refractivity contribution in [2.45, 2.75) is 0 Å². The number of anilines is 1. The summed E-state index contributed by atoms with van der Waals surface area (Å²) >= 11 is 0. The molecule has 1 heterocycles. The lowest BCUT2D eigenvalue weighted by Gasteiger charge is -2.19. The molecule has 82 valence electrons. The number of ether oxygens (including phenoxy) is 1. The van der Waals surface area contributed by atoms with Crippen LogP contribution in [0.2, 0.25) is 0 Å². The topological polar surface area (TPSA) is 64.6 Å². The van der Waals surface area contributed by atoms with Crippen LogP contribution < -0.4 is 14.2 Å². The molecule has 0 atom stereocenters. The van der Waals surface area contributed by atoms with E-state index in [1.54, 1.807) is 18.2 Å². The lowest BCUT2D eigenvalue weighted by atomic mass is 10.2. The summed E-state index contributed by atoms with van der Waals surface area (Å²) in [6, 6.07) is 4.87. The van der Waals surface area contributed by atoms with E-state index < -0.39 is 10.1 Å². The third-order valence-electron chi connectivity index (χ3n) is 1.88. The van der Waals surface area contributed by atoms with Gasteiger partial charge in [0.2, 0.25) is 0 Å². The van der Waals surface area contributed by atoms with Gasteiger partial charge in [-0.25, -0.2) is 0 Å². The van der Waals surface area contributed by atoms with Crippen molar-refractivity contribution in [3.05, 3.63) is 18.2 Å². The van der Waals surface area contributed by atoms with E-state index in [1.807, 2.05) is 0 Å². The van der Waals surface area contributed by atoms with Gasteiger partial charge in [-0.3, -0.25) is 0 Å². The maximum atomic E-state index is 10.9. The van der Waals surface area contributed by atoms with Crippen LogP contribution >= 0.6 is 0 Å². The molecule has 5 nitrogen and oxygen atoms in total. The standard InChI is InChI=1S/C9H11NO4S/c1-15(11,12)14-7-2-3-8-9(6-7)13-5-4-10-8/h2-3,6,10H,4-5H2,1H3. The third kappa shape index (κ3) is 2.53. The zero-order valence-corrected chi connectivity index (χ0v) is 9.00. The van der Waals surface area contributed by atoms with Gasteiger partial charge in [0.25, 0.3) is 0 Å². The van der Waals surface area contributed by atoms with Gasteiger partial charge in [0.05, 0.1) is 11.9 Å². The fraction of sp³-hybridized carbons (Fsp3) is 0.333. The average molecular weight is 229 g/mol. The van der Waals surface area contributed by atoms with Gasteiger partial charge in [-0.05, 0) is 12.1 Å². The number of nitrogens with one attached hydrogen (secondary N) is 1. The van der Waals surface area contributed by atoms with Gasteiger partial charge in [-0.2, -0.15) is 8.42 Å². The fourth-order valence-corrected chi connectivity index (χ4v) is 1.79. The minimum absolute atomic E-state index is 0.264. The maximum Gasteiger partial charge on any atom is 0.306 e. The normalized spacial score (nSPS) is 14.7. The Morgan fingerprint density at radius 1 is 1.47 bits per heavy atom. The van der Waals surface area contributed by atoms with E-state index in [0.717, 1.165) is 18.5 Å². The Labute approximate surface area is 88.1 Å². The van der Waals surface area contributed by atoms with Crippen LogP contribution in [0.15, 0.2) is 18.2 Å². The third-order valence-corrected chi connectivity index (χ3v) is 2.37. The Hall–Kier alpha value is -1.43. The monoisotopic (exact) mass is 229 g/mol. The Balaban J connectivity index is 2.28. The predicted octanol–water partition coefficient (Wildman–Crippen LogP) is 0.829. The van der Waals surface area contributed by atoms with Gasteiger partial charge in [0, 0.05) is 12.6 Å². The first-order valence-electron chi connectivity index (χ1n) is 4.45. The lowest BCUT2D eigenvalue weighted by Crippen LogP contribution is -2.18. The van der Waals surface area contributed by atoms with Crippen molar-refractivity contribution in [3.8, 4) is 11.5 Å². The van der Waals surface area contributed by atoms with Crippen molar-refractivity contribution >= 4 is 15.8 Å². The highest BCUT2D eigenvalue weighted by atomic mass is 32.2. The SMILES string of the molecule is CS(=O)(=O)Oc1ccc2c(c1)OCCN2. The van der Waals surface area contributed by atoms with Gasteiger partial charge >= 0.3 is 10.1 Å². The summed E-state index contributed by atoms with van der Waals surface area (Å²) in [7, 11) is -3.48. The second-order valence-electron chi connectivity index (χ2n) is 3.22. The molecule has 1 N–H and O–H groups in total. The number of fused-ring (bicyclic) bond motifs is 1. The van der Waals surface area contributed by atoms with Crippen LogP contribution in [0.25, 0.3) is 0 Å². The van der Waals surface area contributed by atoms with Gasteiger partial charge in [0.1, 0.15) is 18.1 Å². The Morgan fingerprint density at radius 2 is 2.27 bits per heavy atom. The summed E-state index contributed by atoms with van der Waals surface area (Å²) < 4.78 is 31.9. The maximum absolute atomic E-state index is 10.9. The molecule has 15 heavy (non-hydrogen) atoms. The zero-order valence-electron chi connectivity index (χ0n) is 8.19. The summed E-state index contributed by atoms with van der Waals surface area (Å²) in [5.74, 6) is 0.877. The van der Waals surface area contributed by atoms with Crippen LogP contribution in [0.3, 0.4) is 0 Å². The van der Waals surface area contributed by atoms with Crippen LogP contribution in [0, 0.1) is 0 Å². The van der Waals surface area contributed by atoms with Crippen LogP contribution in [0.5, 0.6) is 11.5 Å². The quantitative estimate of drug-likeness (QED) is 0.761. The minimum Gasteiger partial charge on any atom is -0.489 e. The Kier molecular flexibility index (Phi) is 2.44. The average Bonchev–Trinajstić information content (AvgIpc) is 2.15. The summed E-state index contributed by atoms with van der Waals surface area (Å²) in [4.78, 5) is 0. The summed E-state index contributed by atoms with van der Waals surface area (Å²) in [6.45, 7) is 1.31. The minimum atomic E-state index is -3.48. The van der Waals surface area contributed by atoms with E-state index in [-0.39, 0.29) is 5.75 Å². The number of rotatable bonds is 2. The Bertz CT molecular complexity index is 469. The van der Waals surface area contributed by atoms with Gasteiger partial charge in [0.15, 0.2) is 0 Å².